The number of carbonyl (C=O) groups is 2. The van der Waals surface area contributed by atoms with Gasteiger partial charge in [0.05, 0.1) is 17.5 Å². The lowest BCUT2D eigenvalue weighted by Gasteiger charge is -2.54. The minimum absolute atomic E-state index is 0.101. The molecule has 2 unspecified atom stereocenters. The SMILES string of the molecule is CCC12c3ccccc3C(c3ccccc31)C1C(=O)N(c3cccc(Cl)c3)C(=O)C12. The Balaban J connectivity index is 1.65. The molecule has 4 aliphatic rings. The summed E-state index contributed by atoms with van der Waals surface area (Å²) in [6.07, 6.45) is 0.761. The van der Waals surface area contributed by atoms with Crippen molar-refractivity contribution in [2.75, 3.05) is 4.90 Å². The molecule has 2 amide bonds. The Bertz CT molecular complexity index is 1190. The van der Waals surface area contributed by atoms with Gasteiger partial charge < -0.3 is 0 Å². The summed E-state index contributed by atoms with van der Waals surface area (Å²) >= 11 is 6.19. The van der Waals surface area contributed by atoms with Crippen molar-refractivity contribution in [3.63, 3.8) is 0 Å². The van der Waals surface area contributed by atoms with E-state index in [-0.39, 0.29) is 23.7 Å². The maximum atomic E-state index is 13.9. The third kappa shape index (κ3) is 1.96. The van der Waals surface area contributed by atoms with Crippen LogP contribution in [0.25, 0.3) is 0 Å². The summed E-state index contributed by atoms with van der Waals surface area (Å²) in [4.78, 5) is 29.1. The fraction of sp³-hybridized carbons (Fsp3) is 0.231. The molecule has 0 radical (unpaired) electrons. The van der Waals surface area contributed by atoms with Crippen molar-refractivity contribution in [1.82, 2.24) is 0 Å². The van der Waals surface area contributed by atoms with Crippen LogP contribution >= 0.6 is 11.6 Å². The van der Waals surface area contributed by atoms with Crippen LogP contribution in [0.15, 0.2) is 72.8 Å². The van der Waals surface area contributed by atoms with E-state index in [0.29, 0.717) is 10.7 Å². The minimum atomic E-state index is -0.493. The Morgan fingerprint density at radius 3 is 2.10 bits per heavy atom. The van der Waals surface area contributed by atoms with Crippen LogP contribution in [0.1, 0.15) is 41.5 Å². The van der Waals surface area contributed by atoms with Crippen LogP contribution in [0.4, 0.5) is 5.69 Å². The van der Waals surface area contributed by atoms with Crippen molar-refractivity contribution in [3.8, 4) is 0 Å². The summed E-state index contributed by atoms with van der Waals surface area (Å²) in [6, 6.07) is 23.8. The van der Waals surface area contributed by atoms with Gasteiger partial charge in [-0.3, -0.25) is 9.59 Å². The Hall–Kier alpha value is -2.91. The van der Waals surface area contributed by atoms with E-state index in [4.69, 9.17) is 11.6 Å². The molecule has 1 aliphatic heterocycles. The highest BCUT2D eigenvalue weighted by molar-refractivity contribution is 6.31. The van der Waals surface area contributed by atoms with Gasteiger partial charge in [-0.1, -0.05) is 73.1 Å². The number of amides is 2. The zero-order chi connectivity index (χ0) is 20.6. The predicted molar refractivity (Wildman–Crippen MR) is 117 cm³/mol. The van der Waals surface area contributed by atoms with Gasteiger partial charge in [0.2, 0.25) is 11.8 Å². The molecule has 3 aromatic rings. The summed E-state index contributed by atoms with van der Waals surface area (Å²) in [7, 11) is 0. The molecular weight excluding hydrogens is 394 g/mol. The molecule has 0 aromatic heterocycles. The van der Waals surface area contributed by atoms with Gasteiger partial charge in [-0.2, -0.15) is 0 Å². The monoisotopic (exact) mass is 413 g/mol. The van der Waals surface area contributed by atoms with Crippen molar-refractivity contribution in [1.29, 1.82) is 0 Å². The van der Waals surface area contributed by atoms with Crippen LogP contribution in [0.2, 0.25) is 5.02 Å². The highest BCUT2D eigenvalue weighted by atomic mass is 35.5. The summed E-state index contributed by atoms with van der Waals surface area (Å²) in [5.74, 6) is -1.11. The molecular formula is C26H20ClNO2. The molecule has 1 heterocycles. The van der Waals surface area contributed by atoms with Crippen LogP contribution in [0.3, 0.4) is 0 Å². The third-order valence-electron chi connectivity index (χ3n) is 7.42. The fourth-order valence-electron chi connectivity index (χ4n) is 6.40. The predicted octanol–water partition coefficient (Wildman–Crippen LogP) is 5.30. The molecule has 1 saturated heterocycles. The van der Waals surface area contributed by atoms with E-state index in [1.165, 1.54) is 27.2 Å². The Morgan fingerprint density at radius 2 is 1.50 bits per heavy atom. The smallest absolute Gasteiger partial charge is 0.238 e. The largest absolute Gasteiger partial charge is 0.274 e. The van der Waals surface area contributed by atoms with E-state index in [1.54, 1.807) is 24.3 Å². The van der Waals surface area contributed by atoms with Gasteiger partial charge in [0.1, 0.15) is 0 Å². The standard InChI is InChI=1S/C26H20ClNO2/c1-2-26-19-12-5-3-10-17(19)21(18-11-4-6-13-20(18)26)22-23(26)25(30)28(24(22)29)16-9-7-8-15(27)14-16/h3-14,21-23H,2H2,1H3. The van der Waals surface area contributed by atoms with Crippen molar-refractivity contribution < 1.29 is 9.59 Å². The van der Waals surface area contributed by atoms with E-state index >= 15 is 0 Å². The zero-order valence-corrected chi connectivity index (χ0v) is 17.3. The molecule has 1 fully saturated rings. The summed E-state index contributed by atoms with van der Waals surface area (Å²) in [5, 5.41) is 0.516. The van der Waals surface area contributed by atoms with Crippen molar-refractivity contribution in [3.05, 3.63) is 100 Å². The van der Waals surface area contributed by atoms with Crippen LogP contribution in [0.5, 0.6) is 0 Å². The Kier molecular flexibility index (Phi) is 3.61. The number of carbonyl (C=O) groups excluding carboxylic acids is 2. The number of nitrogens with zero attached hydrogens (tertiary/aromatic N) is 1. The van der Waals surface area contributed by atoms with Crippen molar-refractivity contribution in [2.45, 2.75) is 24.7 Å². The van der Waals surface area contributed by atoms with E-state index in [2.05, 4.69) is 31.2 Å². The maximum absolute atomic E-state index is 13.9. The summed E-state index contributed by atoms with van der Waals surface area (Å²) in [6.45, 7) is 2.13. The van der Waals surface area contributed by atoms with E-state index in [9.17, 15) is 9.59 Å². The number of hydrogen-bond acceptors (Lipinski definition) is 2. The Morgan fingerprint density at radius 1 is 0.867 bits per heavy atom. The van der Waals surface area contributed by atoms with Gasteiger partial charge in [0.15, 0.2) is 0 Å². The lowest BCUT2D eigenvalue weighted by atomic mass is 9.46. The number of anilines is 1. The number of hydrogen-bond donors (Lipinski definition) is 0. The molecule has 0 saturated carbocycles. The highest BCUT2D eigenvalue weighted by Gasteiger charge is 2.67. The molecule has 30 heavy (non-hydrogen) atoms. The molecule has 3 nitrogen and oxygen atoms in total. The molecule has 2 atom stereocenters. The second-order valence-electron chi connectivity index (χ2n) is 8.47. The number of halogens is 1. The van der Waals surface area contributed by atoms with E-state index in [1.807, 2.05) is 24.3 Å². The van der Waals surface area contributed by atoms with Crippen LogP contribution < -0.4 is 4.90 Å². The van der Waals surface area contributed by atoms with Crippen LogP contribution in [-0.4, -0.2) is 11.8 Å². The van der Waals surface area contributed by atoms with Gasteiger partial charge in [-0.25, -0.2) is 4.90 Å². The first-order chi connectivity index (χ1) is 14.6. The lowest BCUT2D eigenvalue weighted by molar-refractivity contribution is -0.123. The van der Waals surface area contributed by atoms with E-state index in [0.717, 1.165) is 6.42 Å². The molecule has 4 heteroatoms. The average molecular weight is 414 g/mol. The van der Waals surface area contributed by atoms with Gasteiger partial charge in [-0.15, -0.1) is 0 Å². The van der Waals surface area contributed by atoms with Gasteiger partial charge >= 0.3 is 0 Å². The highest BCUT2D eigenvalue weighted by Crippen LogP contribution is 2.65. The summed E-state index contributed by atoms with van der Waals surface area (Å²) in [5.41, 5.74) is 4.85. The van der Waals surface area contributed by atoms with Crippen LogP contribution in [-0.2, 0) is 15.0 Å². The zero-order valence-electron chi connectivity index (χ0n) is 16.5. The van der Waals surface area contributed by atoms with Crippen LogP contribution in [0, 0.1) is 11.8 Å². The van der Waals surface area contributed by atoms with Crippen molar-refractivity contribution >= 4 is 29.1 Å². The molecule has 0 N–H and O–H groups in total. The topological polar surface area (TPSA) is 37.4 Å². The van der Waals surface area contributed by atoms with Gasteiger partial charge in [0.25, 0.3) is 0 Å². The quantitative estimate of drug-likeness (QED) is 0.534. The molecule has 148 valence electrons. The second kappa shape index (κ2) is 6.05. The number of rotatable bonds is 2. The normalized spacial score (nSPS) is 28.3. The number of imide groups is 1. The first kappa shape index (κ1) is 17.9. The van der Waals surface area contributed by atoms with E-state index < -0.39 is 11.3 Å². The third-order valence-corrected chi connectivity index (χ3v) is 7.65. The minimum Gasteiger partial charge on any atom is -0.274 e. The molecule has 7 rings (SSSR count). The maximum Gasteiger partial charge on any atom is 0.238 e. The Labute approximate surface area is 180 Å². The average Bonchev–Trinajstić information content (AvgIpc) is 3.05. The second-order valence-corrected chi connectivity index (χ2v) is 8.91. The van der Waals surface area contributed by atoms with Gasteiger partial charge in [-0.05, 0) is 46.9 Å². The first-order valence-corrected chi connectivity index (χ1v) is 10.8. The first-order valence-electron chi connectivity index (χ1n) is 10.4. The molecule has 3 aliphatic carbocycles. The van der Waals surface area contributed by atoms with Gasteiger partial charge in [0, 0.05) is 16.4 Å². The molecule has 2 bridgehead atoms. The van der Waals surface area contributed by atoms with Crippen molar-refractivity contribution in [2.24, 2.45) is 11.8 Å². The molecule has 0 spiro atoms. The summed E-state index contributed by atoms with van der Waals surface area (Å²) < 4.78 is 0. The molecule has 3 aromatic carbocycles. The number of benzene rings is 3. The fourth-order valence-corrected chi connectivity index (χ4v) is 6.58. The lowest BCUT2D eigenvalue weighted by Crippen LogP contribution is -2.53.